The van der Waals surface area contributed by atoms with Crippen LogP contribution in [0.25, 0.3) is 0 Å². The van der Waals surface area contributed by atoms with Gasteiger partial charge in [-0.2, -0.15) is 4.31 Å². The fourth-order valence-electron chi connectivity index (χ4n) is 3.34. The lowest BCUT2D eigenvalue weighted by Crippen LogP contribution is -2.48. The van der Waals surface area contributed by atoms with Gasteiger partial charge in [0.05, 0.1) is 23.3 Å². The van der Waals surface area contributed by atoms with Gasteiger partial charge in [0.25, 0.3) is 0 Å². The summed E-state index contributed by atoms with van der Waals surface area (Å²) in [5.41, 5.74) is 0.712. The average molecular weight is 464 g/mol. The maximum atomic E-state index is 13.0. The second-order valence-corrected chi connectivity index (χ2v) is 9.39. The van der Waals surface area contributed by atoms with Crippen molar-refractivity contribution in [2.24, 2.45) is 0 Å². The molecule has 0 atom stereocenters. The molecular formula is C22H29N3O6S. The first-order valence-corrected chi connectivity index (χ1v) is 12.0. The summed E-state index contributed by atoms with van der Waals surface area (Å²) in [5, 5.41) is 0. The van der Waals surface area contributed by atoms with Gasteiger partial charge in [0.15, 0.2) is 6.61 Å². The summed E-state index contributed by atoms with van der Waals surface area (Å²) in [7, 11) is -3.61. The minimum atomic E-state index is -3.61. The molecule has 174 valence electrons. The number of rotatable bonds is 9. The zero-order chi connectivity index (χ0) is 23.1. The minimum Gasteiger partial charge on any atom is -0.491 e. The SMILES string of the molecule is CCOC(=O)COc1ncccc1N1CCN(S(=O)(=O)c2ccc(OC(C)C)cc2)CC1. The molecule has 10 heteroatoms. The molecule has 0 spiro atoms. The highest BCUT2D eigenvalue weighted by Gasteiger charge is 2.29. The number of ether oxygens (including phenoxy) is 3. The lowest BCUT2D eigenvalue weighted by atomic mass is 10.3. The number of benzene rings is 1. The third-order valence-electron chi connectivity index (χ3n) is 4.80. The minimum absolute atomic E-state index is 0.0178. The molecule has 0 N–H and O–H groups in total. The van der Waals surface area contributed by atoms with Gasteiger partial charge in [0.2, 0.25) is 15.9 Å². The van der Waals surface area contributed by atoms with E-state index in [2.05, 4.69) is 4.98 Å². The van der Waals surface area contributed by atoms with Crippen molar-refractivity contribution >= 4 is 21.7 Å². The molecule has 32 heavy (non-hydrogen) atoms. The molecule has 1 aromatic heterocycles. The first-order chi connectivity index (χ1) is 15.3. The van der Waals surface area contributed by atoms with E-state index in [4.69, 9.17) is 14.2 Å². The number of carbonyl (C=O) groups excluding carboxylic acids is 1. The van der Waals surface area contributed by atoms with Crippen molar-refractivity contribution in [3.05, 3.63) is 42.6 Å². The maximum Gasteiger partial charge on any atom is 0.344 e. The van der Waals surface area contributed by atoms with E-state index in [1.165, 1.54) is 4.31 Å². The van der Waals surface area contributed by atoms with Crippen LogP contribution < -0.4 is 14.4 Å². The van der Waals surface area contributed by atoms with Gasteiger partial charge >= 0.3 is 5.97 Å². The number of carbonyl (C=O) groups is 1. The molecule has 1 aromatic carbocycles. The van der Waals surface area contributed by atoms with Crippen LogP contribution in [0.4, 0.5) is 5.69 Å². The fraction of sp³-hybridized carbons (Fsp3) is 0.455. The second-order valence-electron chi connectivity index (χ2n) is 7.45. The van der Waals surface area contributed by atoms with Crippen LogP contribution in [0.2, 0.25) is 0 Å². The van der Waals surface area contributed by atoms with E-state index in [0.717, 1.165) is 0 Å². The molecule has 0 aliphatic carbocycles. The lowest BCUT2D eigenvalue weighted by molar-refractivity contribution is -0.145. The van der Waals surface area contributed by atoms with Gasteiger partial charge in [-0.05, 0) is 57.2 Å². The number of sulfonamides is 1. The average Bonchev–Trinajstić information content (AvgIpc) is 2.78. The van der Waals surface area contributed by atoms with Gasteiger partial charge in [-0.15, -0.1) is 0 Å². The fourth-order valence-corrected chi connectivity index (χ4v) is 4.77. The van der Waals surface area contributed by atoms with Crippen molar-refractivity contribution in [3.63, 3.8) is 0 Å². The Bertz CT molecular complexity index is 1000. The zero-order valence-corrected chi connectivity index (χ0v) is 19.4. The molecule has 1 aliphatic heterocycles. The van der Waals surface area contributed by atoms with E-state index >= 15 is 0 Å². The normalized spacial score (nSPS) is 14.9. The zero-order valence-electron chi connectivity index (χ0n) is 18.6. The topological polar surface area (TPSA) is 98.3 Å². The largest absolute Gasteiger partial charge is 0.491 e. The molecule has 0 unspecified atom stereocenters. The quantitative estimate of drug-likeness (QED) is 0.523. The number of anilines is 1. The summed E-state index contributed by atoms with van der Waals surface area (Å²) < 4.78 is 43.6. The highest BCUT2D eigenvalue weighted by molar-refractivity contribution is 7.89. The van der Waals surface area contributed by atoms with Crippen LogP contribution in [0.5, 0.6) is 11.6 Å². The monoisotopic (exact) mass is 463 g/mol. The Balaban J connectivity index is 1.64. The maximum absolute atomic E-state index is 13.0. The van der Waals surface area contributed by atoms with Gasteiger partial charge in [0, 0.05) is 32.4 Å². The standard InChI is InChI=1S/C22H29N3O6S/c1-4-29-21(26)16-30-22-20(6-5-11-23-22)24-12-14-25(15-13-24)32(27,28)19-9-7-18(8-10-19)31-17(2)3/h5-11,17H,4,12-16H2,1-3H3. The third-order valence-corrected chi connectivity index (χ3v) is 6.71. The van der Waals surface area contributed by atoms with Crippen LogP contribution in [-0.4, -0.2) is 69.2 Å². The molecule has 3 rings (SSSR count). The molecule has 0 bridgehead atoms. The Hall–Kier alpha value is -2.85. The number of pyridine rings is 1. The molecule has 1 aliphatic rings. The molecule has 2 heterocycles. The molecule has 1 saturated heterocycles. The first kappa shape index (κ1) is 23.8. The van der Waals surface area contributed by atoms with Crippen LogP contribution in [-0.2, 0) is 19.6 Å². The Morgan fingerprint density at radius 2 is 1.78 bits per heavy atom. The molecule has 0 saturated carbocycles. The van der Waals surface area contributed by atoms with Crippen LogP contribution in [0.3, 0.4) is 0 Å². The summed E-state index contributed by atoms with van der Waals surface area (Å²) in [6, 6.07) is 10.1. The summed E-state index contributed by atoms with van der Waals surface area (Å²) in [4.78, 5) is 18.0. The van der Waals surface area contributed by atoms with Crippen molar-refractivity contribution in [3.8, 4) is 11.6 Å². The van der Waals surface area contributed by atoms with Gasteiger partial charge in [0.1, 0.15) is 5.75 Å². The van der Waals surface area contributed by atoms with E-state index in [9.17, 15) is 13.2 Å². The van der Waals surface area contributed by atoms with Crippen molar-refractivity contribution in [1.29, 1.82) is 0 Å². The Morgan fingerprint density at radius 1 is 1.09 bits per heavy atom. The van der Waals surface area contributed by atoms with Crippen LogP contribution in [0.15, 0.2) is 47.5 Å². The smallest absolute Gasteiger partial charge is 0.344 e. The Morgan fingerprint density at radius 3 is 2.41 bits per heavy atom. The molecular weight excluding hydrogens is 434 g/mol. The predicted molar refractivity (Wildman–Crippen MR) is 120 cm³/mol. The number of hydrogen-bond acceptors (Lipinski definition) is 8. The lowest BCUT2D eigenvalue weighted by Gasteiger charge is -2.35. The van der Waals surface area contributed by atoms with Gasteiger partial charge in [-0.25, -0.2) is 18.2 Å². The highest BCUT2D eigenvalue weighted by atomic mass is 32.2. The van der Waals surface area contributed by atoms with Crippen molar-refractivity contribution in [1.82, 2.24) is 9.29 Å². The number of esters is 1. The summed E-state index contributed by atoms with van der Waals surface area (Å²) >= 11 is 0. The molecule has 1 fully saturated rings. The number of nitrogens with zero attached hydrogens (tertiary/aromatic N) is 3. The molecule has 9 nitrogen and oxygen atoms in total. The van der Waals surface area contributed by atoms with Crippen molar-refractivity contribution in [2.75, 3.05) is 44.3 Å². The van der Waals surface area contributed by atoms with E-state index in [1.807, 2.05) is 24.8 Å². The summed E-state index contributed by atoms with van der Waals surface area (Å²) in [6.07, 6.45) is 1.60. The Labute approximate surface area is 188 Å². The molecule has 0 radical (unpaired) electrons. The van der Waals surface area contributed by atoms with Crippen molar-refractivity contribution < 1.29 is 27.4 Å². The van der Waals surface area contributed by atoms with Gasteiger partial charge in [-0.1, -0.05) is 0 Å². The van der Waals surface area contributed by atoms with E-state index in [-0.39, 0.29) is 24.2 Å². The summed E-state index contributed by atoms with van der Waals surface area (Å²) in [5.74, 6) is 0.484. The Kier molecular flexibility index (Phi) is 7.92. The highest BCUT2D eigenvalue weighted by Crippen LogP contribution is 2.28. The number of piperazine rings is 1. The number of hydrogen-bond donors (Lipinski definition) is 0. The van der Waals surface area contributed by atoms with Crippen LogP contribution in [0.1, 0.15) is 20.8 Å². The molecule has 2 aromatic rings. The number of aromatic nitrogens is 1. The van der Waals surface area contributed by atoms with Crippen LogP contribution >= 0.6 is 0 Å². The third kappa shape index (κ3) is 5.89. The summed E-state index contributed by atoms with van der Waals surface area (Å²) in [6.45, 7) is 7.18. The van der Waals surface area contributed by atoms with E-state index in [0.29, 0.717) is 43.5 Å². The molecule has 0 amide bonds. The van der Waals surface area contributed by atoms with E-state index in [1.54, 1.807) is 43.5 Å². The first-order valence-electron chi connectivity index (χ1n) is 10.6. The van der Waals surface area contributed by atoms with E-state index < -0.39 is 16.0 Å². The van der Waals surface area contributed by atoms with Crippen LogP contribution in [0, 0.1) is 0 Å². The van der Waals surface area contributed by atoms with Gasteiger partial charge < -0.3 is 19.1 Å². The second kappa shape index (κ2) is 10.6. The van der Waals surface area contributed by atoms with Gasteiger partial charge in [-0.3, -0.25) is 0 Å². The predicted octanol–water partition coefficient (Wildman–Crippen LogP) is 2.32. The van der Waals surface area contributed by atoms with Crippen molar-refractivity contribution in [2.45, 2.75) is 31.8 Å².